The molecule has 0 aromatic rings. The topological polar surface area (TPSA) is 32.3 Å². The Bertz CT molecular complexity index is 310. The molecule has 2 bridgehead atoms. The van der Waals surface area contributed by atoms with Crippen molar-refractivity contribution >= 4 is 18.3 Å². The molecule has 4 atom stereocenters. The molecule has 3 nitrogen and oxygen atoms in total. The molecule has 3 rings (SSSR count). The Hall–Kier alpha value is -0.280. The smallest absolute Gasteiger partial charge is 0.222 e. The third kappa shape index (κ3) is 2.83. The highest BCUT2D eigenvalue weighted by Gasteiger charge is 2.40. The first kappa shape index (κ1) is 14.1. The predicted molar refractivity (Wildman–Crippen MR) is 74.8 cm³/mol. The molecule has 0 aromatic heterocycles. The number of fused-ring (bicyclic) bond motifs is 2. The summed E-state index contributed by atoms with van der Waals surface area (Å²) in [4.78, 5) is 14.4. The van der Waals surface area contributed by atoms with E-state index in [1.807, 2.05) is 0 Å². The summed E-state index contributed by atoms with van der Waals surface area (Å²) in [6.07, 6.45) is 6.39. The van der Waals surface area contributed by atoms with Crippen LogP contribution in [0.25, 0.3) is 0 Å². The van der Waals surface area contributed by atoms with Crippen LogP contribution in [0.15, 0.2) is 0 Å². The van der Waals surface area contributed by atoms with E-state index in [0.29, 0.717) is 17.9 Å². The Labute approximate surface area is 116 Å². The molecule has 0 radical (unpaired) electrons. The van der Waals surface area contributed by atoms with Gasteiger partial charge in [-0.3, -0.25) is 4.79 Å². The van der Waals surface area contributed by atoms with Crippen molar-refractivity contribution in [1.82, 2.24) is 10.2 Å². The van der Waals surface area contributed by atoms with Crippen molar-refractivity contribution < 1.29 is 4.79 Å². The van der Waals surface area contributed by atoms with E-state index in [2.05, 4.69) is 17.1 Å². The lowest BCUT2D eigenvalue weighted by Gasteiger charge is -2.33. The molecular weight excluding hydrogens is 248 g/mol. The fourth-order valence-electron chi connectivity index (χ4n) is 4.14. The van der Waals surface area contributed by atoms with Crippen LogP contribution in [-0.4, -0.2) is 36.5 Å². The largest absolute Gasteiger partial charge is 0.340 e. The van der Waals surface area contributed by atoms with Gasteiger partial charge < -0.3 is 10.2 Å². The van der Waals surface area contributed by atoms with E-state index in [0.717, 1.165) is 37.9 Å². The number of hydrogen-bond donors (Lipinski definition) is 1. The van der Waals surface area contributed by atoms with Gasteiger partial charge in [0.05, 0.1) is 0 Å². The summed E-state index contributed by atoms with van der Waals surface area (Å²) in [6, 6.07) is 0.465. The Morgan fingerprint density at radius 3 is 2.78 bits per heavy atom. The molecule has 2 aliphatic carbocycles. The molecule has 1 saturated heterocycles. The zero-order chi connectivity index (χ0) is 11.8. The SMILES string of the molecule is CC1CN(C(=O)CC2CC3CCC2C3)CCN1.Cl. The van der Waals surface area contributed by atoms with Gasteiger partial charge in [0.25, 0.3) is 0 Å². The molecule has 4 heteroatoms. The number of rotatable bonds is 2. The van der Waals surface area contributed by atoms with Crippen LogP contribution in [-0.2, 0) is 4.79 Å². The number of carbonyl (C=O) groups is 1. The van der Waals surface area contributed by atoms with Gasteiger partial charge in [-0.1, -0.05) is 6.42 Å². The zero-order valence-electron chi connectivity index (χ0n) is 11.2. The first-order valence-electron chi connectivity index (χ1n) is 7.23. The maximum atomic E-state index is 12.3. The number of nitrogens with zero attached hydrogens (tertiary/aromatic N) is 1. The Balaban J connectivity index is 0.00000120. The van der Waals surface area contributed by atoms with E-state index >= 15 is 0 Å². The van der Waals surface area contributed by atoms with Crippen LogP contribution in [0.3, 0.4) is 0 Å². The Morgan fingerprint density at radius 1 is 1.33 bits per heavy atom. The minimum absolute atomic E-state index is 0. The summed E-state index contributed by atoms with van der Waals surface area (Å²) < 4.78 is 0. The number of hydrogen-bond acceptors (Lipinski definition) is 2. The van der Waals surface area contributed by atoms with Crippen LogP contribution >= 0.6 is 12.4 Å². The van der Waals surface area contributed by atoms with Gasteiger partial charge in [-0.2, -0.15) is 0 Å². The molecule has 4 unspecified atom stereocenters. The lowest BCUT2D eigenvalue weighted by atomic mass is 9.86. The molecular formula is C14H25ClN2O. The van der Waals surface area contributed by atoms with Gasteiger partial charge >= 0.3 is 0 Å². The zero-order valence-corrected chi connectivity index (χ0v) is 12.0. The van der Waals surface area contributed by atoms with E-state index in [1.54, 1.807) is 0 Å². The fraction of sp³-hybridized carbons (Fsp3) is 0.929. The van der Waals surface area contributed by atoms with Crippen LogP contribution in [0, 0.1) is 17.8 Å². The molecule has 3 fully saturated rings. The number of halogens is 1. The van der Waals surface area contributed by atoms with E-state index in [4.69, 9.17) is 0 Å². The maximum Gasteiger partial charge on any atom is 0.222 e. The summed E-state index contributed by atoms with van der Waals surface area (Å²) in [5, 5.41) is 3.39. The van der Waals surface area contributed by atoms with E-state index < -0.39 is 0 Å². The van der Waals surface area contributed by atoms with Crippen LogP contribution in [0.1, 0.15) is 39.0 Å². The molecule has 18 heavy (non-hydrogen) atoms. The summed E-state index contributed by atoms with van der Waals surface area (Å²) in [5.41, 5.74) is 0. The fourth-order valence-corrected chi connectivity index (χ4v) is 4.14. The van der Waals surface area contributed by atoms with E-state index in [1.165, 1.54) is 25.7 Å². The maximum absolute atomic E-state index is 12.3. The normalized spacial score (nSPS) is 38.6. The number of nitrogens with one attached hydrogen (secondary N) is 1. The third-order valence-electron chi connectivity index (χ3n) is 5.04. The van der Waals surface area contributed by atoms with Crippen molar-refractivity contribution in [3.8, 4) is 0 Å². The standard InChI is InChI=1S/C14H24N2O.ClH/c1-10-9-16(5-4-15-10)14(17)8-13-7-11-2-3-12(13)6-11;/h10-13,15H,2-9H2,1H3;1H. The summed E-state index contributed by atoms with van der Waals surface area (Å²) in [5.74, 6) is 2.96. The minimum atomic E-state index is 0. The predicted octanol–water partition coefficient (Wildman–Crippen LogP) is 2.05. The molecule has 104 valence electrons. The van der Waals surface area contributed by atoms with Gasteiger partial charge in [-0.25, -0.2) is 0 Å². The van der Waals surface area contributed by atoms with Crippen LogP contribution in [0.5, 0.6) is 0 Å². The number of carbonyl (C=O) groups excluding carboxylic acids is 1. The Morgan fingerprint density at radius 2 is 2.17 bits per heavy atom. The first-order chi connectivity index (χ1) is 8.22. The van der Waals surface area contributed by atoms with Gasteiger partial charge in [0.2, 0.25) is 5.91 Å². The van der Waals surface area contributed by atoms with Crippen molar-refractivity contribution in [2.75, 3.05) is 19.6 Å². The average molecular weight is 273 g/mol. The van der Waals surface area contributed by atoms with Crippen LogP contribution < -0.4 is 5.32 Å². The van der Waals surface area contributed by atoms with Gasteiger partial charge in [-0.15, -0.1) is 12.4 Å². The Kier molecular flexibility index (Phi) is 4.54. The lowest BCUT2D eigenvalue weighted by molar-refractivity contribution is -0.133. The molecule has 0 aromatic carbocycles. The monoisotopic (exact) mass is 272 g/mol. The van der Waals surface area contributed by atoms with Crippen molar-refractivity contribution in [3.05, 3.63) is 0 Å². The quantitative estimate of drug-likeness (QED) is 0.835. The lowest BCUT2D eigenvalue weighted by Crippen LogP contribution is -2.51. The molecule has 1 amide bonds. The summed E-state index contributed by atoms with van der Waals surface area (Å²) >= 11 is 0. The van der Waals surface area contributed by atoms with Gasteiger partial charge in [-0.05, 0) is 43.9 Å². The van der Waals surface area contributed by atoms with Crippen molar-refractivity contribution in [2.24, 2.45) is 17.8 Å². The first-order valence-corrected chi connectivity index (χ1v) is 7.23. The van der Waals surface area contributed by atoms with E-state index in [9.17, 15) is 4.79 Å². The van der Waals surface area contributed by atoms with Gasteiger partial charge in [0.1, 0.15) is 0 Å². The third-order valence-corrected chi connectivity index (χ3v) is 5.04. The number of piperazine rings is 1. The van der Waals surface area contributed by atoms with Gasteiger partial charge in [0, 0.05) is 32.1 Å². The van der Waals surface area contributed by atoms with Crippen molar-refractivity contribution in [3.63, 3.8) is 0 Å². The minimum Gasteiger partial charge on any atom is -0.340 e. The molecule has 0 spiro atoms. The summed E-state index contributed by atoms with van der Waals surface area (Å²) in [7, 11) is 0. The highest BCUT2D eigenvalue weighted by Crippen LogP contribution is 2.49. The van der Waals surface area contributed by atoms with Crippen molar-refractivity contribution in [2.45, 2.75) is 45.1 Å². The van der Waals surface area contributed by atoms with Gasteiger partial charge in [0.15, 0.2) is 0 Å². The number of amides is 1. The average Bonchev–Trinajstić information content (AvgIpc) is 2.91. The molecule has 3 aliphatic rings. The molecule has 2 saturated carbocycles. The highest BCUT2D eigenvalue weighted by atomic mass is 35.5. The van der Waals surface area contributed by atoms with Crippen molar-refractivity contribution in [1.29, 1.82) is 0 Å². The molecule has 1 N–H and O–H groups in total. The summed E-state index contributed by atoms with van der Waals surface area (Å²) in [6.45, 7) is 4.93. The molecule has 1 aliphatic heterocycles. The van der Waals surface area contributed by atoms with E-state index in [-0.39, 0.29) is 12.4 Å². The second-order valence-corrected chi connectivity index (χ2v) is 6.33. The van der Waals surface area contributed by atoms with Crippen LogP contribution in [0.4, 0.5) is 0 Å². The highest BCUT2D eigenvalue weighted by molar-refractivity contribution is 5.85. The van der Waals surface area contributed by atoms with Crippen LogP contribution in [0.2, 0.25) is 0 Å². The second kappa shape index (κ2) is 5.79. The molecule has 1 heterocycles. The second-order valence-electron chi connectivity index (χ2n) is 6.33.